The molecule has 1 amide bonds. The molecule has 1 fully saturated rings. The van der Waals surface area contributed by atoms with Crippen LogP contribution < -0.4 is 14.8 Å². The summed E-state index contributed by atoms with van der Waals surface area (Å²) in [5.41, 5.74) is 1.18. The number of ether oxygens (including phenoxy) is 3. The van der Waals surface area contributed by atoms with E-state index in [1.54, 1.807) is 7.11 Å². The number of carbonyl (C=O) groups is 1. The Kier molecular flexibility index (Phi) is 5.79. The highest BCUT2D eigenvalue weighted by molar-refractivity contribution is 5.91. The lowest BCUT2D eigenvalue weighted by Crippen LogP contribution is -2.23. The van der Waals surface area contributed by atoms with Gasteiger partial charge >= 0.3 is 0 Å². The van der Waals surface area contributed by atoms with Gasteiger partial charge in [-0.05, 0) is 30.5 Å². The first kappa shape index (κ1) is 17.2. The Labute approximate surface area is 146 Å². The molecule has 132 valence electrons. The second-order valence-electron chi connectivity index (χ2n) is 5.70. The normalized spacial score (nSPS) is 16.4. The Morgan fingerprint density at radius 2 is 2.28 bits per heavy atom. The van der Waals surface area contributed by atoms with Gasteiger partial charge in [-0.2, -0.15) is 0 Å². The molecule has 2 heterocycles. The number of carbonyl (C=O) groups excluding carboxylic acids is 1. The molecular weight excluding hydrogens is 322 g/mol. The molecule has 0 unspecified atom stereocenters. The number of methoxy groups -OCH3 is 1. The smallest absolute Gasteiger partial charge is 0.271 e. The molecule has 0 spiro atoms. The van der Waals surface area contributed by atoms with E-state index in [-0.39, 0.29) is 17.7 Å². The molecule has 1 N–H and O–H groups in total. The van der Waals surface area contributed by atoms with Gasteiger partial charge in [0.15, 0.2) is 11.5 Å². The molecule has 0 aliphatic carbocycles. The van der Waals surface area contributed by atoms with Crippen LogP contribution in [0, 0.1) is 0 Å². The van der Waals surface area contributed by atoms with Gasteiger partial charge in [0.2, 0.25) is 0 Å². The second-order valence-corrected chi connectivity index (χ2v) is 5.70. The zero-order valence-corrected chi connectivity index (χ0v) is 14.1. The minimum atomic E-state index is -0.272. The predicted molar refractivity (Wildman–Crippen MR) is 90.7 cm³/mol. The Balaban J connectivity index is 1.57. The maximum absolute atomic E-state index is 12.0. The van der Waals surface area contributed by atoms with Gasteiger partial charge in [0.25, 0.3) is 5.91 Å². The highest BCUT2D eigenvalue weighted by Gasteiger charge is 2.17. The van der Waals surface area contributed by atoms with E-state index in [0.717, 1.165) is 25.0 Å². The van der Waals surface area contributed by atoms with Crippen molar-refractivity contribution in [3.05, 3.63) is 48.0 Å². The van der Waals surface area contributed by atoms with Crippen molar-refractivity contribution in [2.75, 3.05) is 20.3 Å². The summed E-state index contributed by atoms with van der Waals surface area (Å²) in [5, 5.41) is 2.80. The fraction of sp³-hybridized carbons (Fsp3) is 0.389. The number of amides is 1. The quantitative estimate of drug-likeness (QED) is 0.828. The van der Waals surface area contributed by atoms with Crippen LogP contribution in [0.5, 0.6) is 11.5 Å². The molecule has 7 heteroatoms. The molecule has 0 bridgehead atoms. The third-order valence-corrected chi connectivity index (χ3v) is 3.93. The van der Waals surface area contributed by atoms with Gasteiger partial charge in [0.05, 0.1) is 19.4 Å². The fourth-order valence-electron chi connectivity index (χ4n) is 2.59. The highest BCUT2D eigenvalue weighted by Crippen LogP contribution is 2.29. The number of hydrogen-bond acceptors (Lipinski definition) is 6. The van der Waals surface area contributed by atoms with Crippen molar-refractivity contribution < 1.29 is 19.0 Å². The summed E-state index contributed by atoms with van der Waals surface area (Å²) in [6.07, 6.45) is 6.69. The van der Waals surface area contributed by atoms with Crippen LogP contribution in [-0.4, -0.2) is 42.3 Å². The van der Waals surface area contributed by atoms with E-state index in [1.165, 1.54) is 18.6 Å². The summed E-state index contributed by atoms with van der Waals surface area (Å²) in [5.74, 6) is 1.03. The van der Waals surface area contributed by atoms with Crippen LogP contribution in [0.25, 0.3) is 0 Å². The Morgan fingerprint density at radius 1 is 1.36 bits per heavy atom. The minimum Gasteiger partial charge on any atom is -0.493 e. The summed E-state index contributed by atoms with van der Waals surface area (Å²) >= 11 is 0. The molecule has 1 aliphatic rings. The van der Waals surface area contributed by atoms with Crippen LogP contribution in [0.2, 0.25) is 0 Å². The van der Waals surface area contributed by atoms with Crippen molar-refractivity contribution >= 4 is 5.91 Å². The molecule has 1 saturated heterocycles. The van der Waals surface area contributed by atoms with E-state index in [2.05, 4.69) is 15.3 Å². The molecule has 25 heavy (non-hydrogen) atoms. The lowest BCUT2D eigenvalue weighted by molar-refractivity contribution is 0.0669. The summed E-state index contributed by atoms with van der Waals surface area (Å²) in [6.45, 7) is 1.67. The molecule has 2 aromatic rings. The van der Waals surface area contributed by atoms with E-state index in [4.69, 9.17) is 14.2 Å². The first-order chi connectivity index (χ1) is 12.3. The van der Waals surface area contributed by atoms with Crippen molar-refractivity contribution in [1.29, 1.82) is 0 Å². The van der Waals surface area contributed by atoms with Gasteiger partial charge < -0.3 is 19.5 Å². The first-order valence-corrected chi connectivity index (χ1v) is 8.22. The maximum atomic E-state index is 12.0. The molecular formula is C18H21N3O4. The van der Waals surface area contributed by atoms with Gasteiger partial charge in [-0.3, -0.25) is 9.78 Å². The number of nitrogens with one attached hydrogen (secondary N) is 1. The van der Waals surface area contributed by atoms with Crippen LogP contribution in [-0.2, 0) is 11.3 Å². The van der Waals surface area contributed by atoms with E-state index >= 15 is 0 Å². The zero-order valence-electron chi connectivity index (χ0n) is 14.1. The zero-order chi connectivity index (χ0) is 17.5. The van der Waals surface area contributed by atoms with Gasteiger partial charge in [0.1, 0.15) is 12.3 Å². The van der Waals surface area contributed by atoms with E-state index in [1.807, 2.05) is 18.2 Å². The molecule has 0 radical (unpaired) electrons. The Hall–Kier alpha value is -2.67. The Morgan fingerprint density at radius 3 is 3.00 bits per heavy atom. The van der Waals surface area contributed by atoms with Crippen molar-refractivity contribution in [3.63, 3.8) is 0 Å². The standard InChI is InChI=1S/C18H21N3O4/c1-23-17-9-13(10-21-18(22)15-11-19-6-7-20-15)4-5-16(17)25-12-14-3-2-8-24-14/h4-7,9,11,14H,2-3,8,10,12H2,1H3,(H,21,22)/t14-/m1/s1. The van der Waals surface area contributed by atoms with Gasteiger partial charge in [-0.15, -0.1) is 0 Å². The van der Waals surface area contributed by atoms with Gasteiger partial charge in [-0.25, -0.2) is 4.98 Å². The first-order valence-electron chi connectivity index (χ1n) is 8.22. The number of benzene rings is 1. The average Bonchev–Trinajstić information content (AvgIpc) is 3.19. The molecule has 1 aliphatic heterocycles. The molecule has 1 atom stereocenters. The number of aromatic nitrogens is 2. The Bertz CT molecular complexity index is 703. The average molecular weight is 343 g/mol. The minimum absolute atomic E-state index is 0.149. The van der Waals surface area contributed by atoms with Crippen molar-refractivity contribution in [3.8, 4) is 11.5 Å². The predicted octanol–water partition coefficient (Wildman–Crippen LogP) is 1.97. The maximum Gasteiger partial charge on any atom is 0.271 e. The third kappa shape index (κ3) is 4.67. The third-order valence-electron chi connectivity index (χ3n) is 3.93. The summed E-state index contributed by atoms with van der Waals surface area (Å²) in [6, 6.07) is 5.59. The van der Waals surface area contributed by atoms with Crippen LogP contribution >= 0.6 is 0 Å². The highest BCUT2D eigenvalue weighted by atomic mass is 16.5. The lowest BCUT2D eigenvalue weighted by atomic mass is 10.2. The number of hydrogen-bond donors (Lipinski definition) is 1. The largest absolute Gasteiger partial charge is 0.493 e. The van der Waals surface area contributed by atoms with Crippen LogP contribution in [0.1, 0.15) is 28.9 Å². The van der Waals surface area contributed by atoms with Gasteiger partial charge in [0, 0.05) is 25.5 Å². The molecule has 0 saturated carbocycles. The molecule has 1 aromatic heterocycles. The monoisotopic (exact) mass is 343 g/mol. The summed E-state index contributed by atoms with van der Waals surface area (Å²) in [4.78, 5) is 19.9. The van der Waals surface area contributed by atoms with Crippen LogP contribution in [0.3, 0.4) is 0 Å². The lowest BCUT2D eigenvalue weighted by Gasteiger charge is -2.15. The van der Waals surface area contributed by atoms with Crippen LogP contribution in [0.4, 0.5) is 0 Å². The topological polar surface area (TPSA) is 82.6 Å². The molecule has 1 aromatic carbocycles. The fourth-order valence-corrected chi connectivity index (χ4v) is 2.59. The van der Waals surface area contributed by atoms with E-state index in [0.29, 0.717) is 24.7 Å². The van der Waals surface area contributed by atoms with E-state index in [9.17, 15) is 4.79 Å². The number of nitrogens with zero attached hydrogens (tertiary/aromatic N) is 2. The van der Waals surface area contributed by atoms with E-state index < -0.39 is 0 Å². The van der Waals surface area contributed by atoms with Crippen molar-refractivity contribution in [2.24, 2.45) is 0 Å². The number of rotatable bonds is 7. The SMILES string of the molecule is COc1cc(CNC(=O)c2cnccn2)ccc1OC[C@H]1CCCO1. The molecule has 3 rings (SSSR count). The van der Waals surface area contributed by atoms with Crippen LogP contribution in [0.15, 0.2) is 36.8 Å². The summed E-state index contributed by atoms with van der Waals surface area (Å²) < 4.78 is 16.8. The van der Waals surface area contributed by atoms with Crippen molar-refractivity contribution in [1.82, 2.24) is 15.3 Å². The van der Waals surface area contributed by atoms with Gasteiger partial charge in [-0.1, -0.05) is 6.07 Å². The summed E-state index contributed by atoms with van der Waals surface area (Å²) in [7, 11) is 1.59. The molecule has 7 nitrogen and oxygen atoms in total. The van der Waals surface area contributed by atoms with Crippen molar-refractivity contribution in [2.45, 2.75) is 25.5 Å². The second kappa shape index (κ2) is 8.43.